The Bertz CT molecular complexity index is 465. The number of hydrogen-bond donors (Lipinski definition) is 2. The minimum absolute atomic E-state index is 0.763. The van der Waals surface area contributed by atoms with Crippen LogP contribution in [0.4, 0.5) is 5.00 Å². The third-order valence-electron chi connectivity index (χ3n) is 2.40. The van der Waals surface area contributed by atoms with Gasteiger partial charge in [0, 0.05) is 5.38 Å². The van der Waals surface area contributed by atoms with Gasteiger partial charge in [0.1, 0.15) is 10.8 Å². The fourth-order valence-corrected chi connectivity index (χ4v) is 2.25. The Morgan fingerprint density at radius 1 is 1.24 bits per heavy atom. The lowest BCUT2D eigenvalue weighted by molar-refractivity contribution is 0.317. The number of nitrogens with one attached hydrogen (secondary N) is 1. The average molecular weight is 248 g/mol. The van der Waals surface area contributed by atoms with Gasteiger partial charge in [0.05, 0.1) is 6.61 Å². The van der Waals surface area contributed by atoms with Crippen molar-refractivity contribution in [1.82, 2.24) is 0 Å². The molecule has 0 unspecified atom stereocenters. The van der Waals surface area contributed by atoms with Gasteiger partial charge in [-0.05, 0) is 35.7 Å². The van der Waals surface area contributed by atoms with Crippen LogP contribution in [0.1, 0.15) is 13.3 Å². The second-order valence-electron chi connectivity index (χ2n) is 3.72. The summed E-state index contributed by atoms with van der Waals surface area (Å²) < 4.78 is 5.54. The van der Waals surface area contributed by atoms with Crippen molar-refractivity contribution in [3.05, 3.63) is 35.7 Å². The number of benzene rings is 1. The molecule has 0 saturated carbocycles. The number of thiophene rings is 1. The van der Waals surface area contributed by atoms with Gasteiger partial charge in [-0.25, -0.2) is 5.84 Å². The first kappa shape index (κ1) is 12.0. The highest BCUT2D eigenvalue weighted by Crippen LogP contribution is 2.29. The maximum absolute atomic E-state index is 5.54. The van der Waals surface area contributed by atoms with E-state index in [0.717, 1.165) is 23.8 Å². The van der Waals surface area contributed by atoms with E-state index < -0.39 is 0 Å². The molecule has 1 aromatic heterocycles. The summed E-state index contributed by atoms with van der Waals surface area (Å²) in [5.41, 5.74) is 4.99. The van der Waals surface area contributed by atoms with Gasteiger partial charge >= 0.3 is 0 Å². The van der Waals surface area contributed by atoms with Gasteiger partial charge in [-0.3, -0.25) is 0 Å². The Kier molecular flexibility index (Phi) is 4.01. The quantitative estimate of drug-likeness (QED) is 0.629. The van der Waals surface area contributed by atoms with Crippen LogP contribution in [-0.4, -0.2) is 6.61 Å². The molecule has 0 fully saturated rings. The molecule has 0 radical (unpaired) electrons. The molecular weight excluding hydrogens is 232 g/mol. The van der Waals surface area contributed by atoms with E-state index >= 15 is 0 Å². The summed E-state index contributed by atoms with van der Waals surface area (Å²) in [6.07, 6.45) is 1.03. The van der Waals surface area contributed by atoms with Crippen molar-refractivity contribution in [2.75, 3.05) is 12.0 Å². The highest BCUT2D eigenvalue weighted by Gasteiger charge is 2.02. The molecule has 4 heteroatoms. The zero-order valence-electron chi connectivity index (χ0n) is 9.77. The third kappa shape index (κ3) is 2.99. The molecule has 0 aliphatic heterocycles. The maximum atomic E-state index is 5.54. The van der Waals surface area contributed by atoms with Crippen molar-refractivity contribution in [3.8, 4) is 16.9 Å². The van der Waals surface area contributed by atoms with E-state index in [2.05, 4.69) is 29.9 Å². The molecule has 0 amide bonds. The average Bonchev–Trinajstić information content (AvgIpc) is 2.86. The summed E-state index contributed by atoms with van der Waals surface area (Å²) >= 11 is 1.60. The van der Waals surface area contributed by atoms with Crippen molar-refractivity contribution < 1.29 is 4.74 Å². The molecule has 0 aliphatic carbocycles. The van der Waals surface area contributed by atoms with Crippen LogP contribution in [0.5, 0.6) is 5.75 Å². The lowest BCUT2D eigenvalue weighted by Crippen LogP contribution is -2.04. The predicted octanol–water partition coefficient (Wildman–Crippen LogP) is 3.49. The van der Waals surface area contributed by atoms with Crippen LogP contribution in [-0.2, 0) is 0 Å². The van der Waals surface area contributed by atoms with E-state index in [4.69, 9.17) is 10.6 Å². The SMILES string of the molecule is CCCOc1ccc(-c2csc(NN)c2)cc1. The fraction of sp³-hybridized carbons (Fsp3) is 0.231. The first-order valence-corrected chi connectivity index (χ1v) is 6.50. The van der Waals surface area contributed by atoms with Crippen LogP contribution in [0.25, 0.3) is 11.1 Å². The molecule has 17 heavy (non-hydrogen) atoms. The van der Waals surface area contributed by atoms with Gasteiger partial charge in [-0.1, -0.05) is 19.1 Å². The third-order valence-corrected chi connectivity index (χ3v) is 3.26. The summed E-state index contributed by atoms with van der Waals surface area (Å²) in [6.45, 7) is 2.86. The largest absolute Gasteiger partial charge is 0.494 e. The summed E-state index contributed by atoms with van der Waals surface area (Å²) in [5, 5.41) is 3.04. The minimum atomic E-state index is 0.763. The number of hydrogen-bond acceptors (Lipinski definition) is 4. The molecule has 2 aromatic rings. The van der Waals surface area contributed by atoms with E-state index in [1.165, 1.54) is 11.1 Å². The molecule has 1 heterocycles. The molecule has 1 aromatic carbocycles. The van der Waals surface area contributed by atoms with Gasteiger partial charge in [0.15, 0.2) is 0 Å². The van der Waals surface area contributed by atoms with Gasteiger partial charge in [-0.15, -0.1) is 11.3 Å². The zero-order valence-corrected chi connectivity index (χ0v) is 10.6. The van der Waals surface area contributed by atoms with Gasteiger partial charge in [0.2, 0.25) is 0 Å². The molecule has 3 nitrogen and oxygen atoms in total. The Labute approximate surface area is 105 Å². The molecule has 0 aliphatic rings. The van der Waals surface area contributed by atoms with Crippen LogP contribution in [0, 0.1) is 0 Å². The first-order valence-electron chi connectivity index (χ1n) is 5.62. The number of anilines is 1. The van der Waals surface area contributed by atoms with E-state index in [1.54, 1.807) is 11.3 Å². The Morgan fingerprint density at radius 2 is 2.00 bits per heavy atom. The van der Waals surface area contributed by atoms with Crippen LogP contribution in [0.2, 0.25) is 0 Å². The van der Waals surface area contributed by atoms with E-state index in [9.17, 15) is 0 Å². The van der Waals surface area contributed by atoms with Crippen LogP contribution < -0.4 is 16.0 Å². The topological polar surface area (TPSA) is 47.3 Å². The highest BCUT2D eigenvalue weighted by molar-refractivity contribution is 7.14. The highest BCUT2D eigenvalue weighted by atomic mass is 32.1. The molecule has 0 bridgehead atoms. The molecule has 2 rings (SSSR count). The predicted molar refractivity (Wildman–Crippen MR) is 73.4 cm³/mol. The summed E-state index contributed by atoms with van der Waals surface area (Å²) in [4.78, 5) is 0. The fourth-order valence-electron chi connectivity index (χ4n) is 1.53. The van der Waals surface area contributed by atoms with Crippen LogP contribution >= 0.6 is 11.3 Å². The number of nitrogen functional groups attached to an aromatic ring is 1. The van der Waals surface area contributed by atoms with E-state index in [0.29, 0.717) is 0 Å². The second kappa shape index (κ2) is 5.70. The van der Waals surface area contributed by atoms with E-state index in [1.807, 2.05) is 18.2 Å². The second-order valence-corrected chi connectivity index (χ2v) is 4.63. The number of hydrazine groups is 1. The lowest BCUT2D eigenvalue weighted by atomic mass is 10.1. The minimum Gasteiger partial charge on any atom is -0.494 e. The monoisotopic (exact) mass is 248 g/mol. The van der Waals surface area contributed by atoms with Crippen LogP contribution in [0.3, 0.4) is 0 Å². The smallest absolute Gasteiger partial charge is 0.119 e. The molecule has 3 N–H and O–H groups in total. The molecular formula is C13H16N2OS. The molecule has 90 valence electrons. The molecule has 0 saturated heterocycles. The number of nitrogens with two attached hydrogens (primary N) is 1. The van der Waals surface area contributed by atoms with Gasteiger partial charge in [0.25, 0.3) is 0 Å². The first-order chi connectivity index (χ1) is 8.33. The standard InChI is InChI=1S/C13H16N2OS/c1-2-7-16-12-5-3-10(4-6-12)11-8-13(15-14)17-9-11/h3-6,8-9,15H,2,7,14H2,1H3. The molecule has 0 atom stereocenters. The number of ether oxygens (including phenoxy) is 1. The van der Waals surface area contributed by atoms with Gasteiger partial charge in [-0.2, -0.15) is 0 Å². The Balaban J connectivity index is 2.11. The zero-order chi connectivity index (χ0) is 12.1. The summed E-state index contributed by atoms with van der Waals surface area (Å²) in [5.74, 6) is 6.28. The van der Waals surface area contributed by atoms with Crippen molar-refractivity contribution in [1.29, 1.82) is 0 Å². The van der Waals surface area contributed by atoms with Crippen molar-refractivity contribution >= 4 is 16.3 Å². The van der Waals surface area contributed by atoms with Crippen molar-refractivity contribution in [2.24, 2.45) is 5.84 Å². The van der Waals surface area contributed by atoms with Gasteiger partial charge < -0.3 is 10.2 Å². The Morgan fingerprint density at radius 3 is 2.59 bits per heavy atom. The maximum Gasteiger partial charge on any atom is 0.119 e. The molecule has 0 spiro atoms. The van der Waals surface area contributed by atoms with E-state index in [-0.39, 0.29) is 0 Å². The summed E-state index contributed by atoms with van der Waals surface area (Å²) in [7, 11) is 0. The Hall–Kier alpha value is -1.52. The normalized spacial score (nSPS) is 10.2. The van der Waals surface area contributed by atoms with Crippen LogP contribution in [0.15, 0.2) is 35.7 Å². The van der Waals surface area contributed by atoms with Crippen molar-refractivity contribution in [3.63, 3.8) is 0 Å². The van der Waals surface area contributed by atoms with Crippen molar-refractivity contribution in [2.45, 2.75) is 13.3 Å². The lowest BCUT2D eigenvalue weighted by Gasteiger charge is -2.04. The number of rotatable bonds is 5. The summed E-state index contributed by atoms with van der Waals surface area (Å²) in [6, 6.07) is 10.2.